The van der Waals surface area contributed by atoms with Gasteiger partial charge in [0.2, 0.25) is 0 Å². The molecule has 0 heterocycles. The minimum atomic E-state index is -4.53. The van der Waals surface area contributed by atoms with Gasteiger partial charge in [0.25, 0.3) is 0 Å². The molecule has 1 aromatic rings. The number of hydrogen-bond donors (Lipinski definition) is 2. The topological polar surface area (TPSA) is 76.7 Å². The highest BCUT2D eigenvalue weighted by molar-refractivity contribution is 6.39. The van der Waals surface area contributed by atoms with Crippen LogP contribution >= 0.6 is 0 Å². The maximum atomic E-state index is 12.5. The molecule has 0 aromatic heterocycles. The number of rotatable bonds is 5. The second-order valence-corrected chi connectivity index (χ2v) is 4.14. The molecule has 0 saturated carbocycles. The number of benzene rings is 1. The number of carbonyl (C=O) groups is 2. The highest BCUT2D eigenvalue weighted by Crippen LogP contribution is 2.30. The summed E-state index contributed by atoms with van der Waals surface area (Å²) >= 11 is 0. The number of ether oxygens (including phenoxy) is 2. The molecule has 0 aliphatic heterocycles. The number of halogens is 3. The van der Waals surface area contributed by atoms with Crippen LogP contribution in [0.15, 0.2) is 24.3 Å². The van der Waals surface area contributed by atoms with Crippen LogP contribution in [-0.2, 0) is 25.2 Å². The zero-order valence-corrected chi connectivity index (χ0v) is 11.9. The molecule has 0 saturated heterocycles. The summed E-state index contributed by atoms with van der Waals surface area (Å²) in [6.45, 7) is -0.0815. The van der Waals surface area contributed by atoms with Crippen LogP contribution in [0.4, 0.5) is 18.9 Å². The maximum absolute atomic E-state index is 12.5. The van der Waals surface area contributed by atoms with Crippen LogP contribution < -0.4 is 10.6 Å². The third-order valence-electron chi connectivity index (χ3n) is 2.61. The number of hydrogen-bond acceptors (Lipinski definition) is 4. The van der Waals surface area contributed by atoms with E-state index in [1.807, 2.05) is 0 Å². The van der Waals surface area contributed by atoms with Crippen LogP contribution in [0, 0.1) is 0 Å². The van der Waals surface area contributed by atoms with Crippen molar-refractivity contribution in [2.45, 2.75) is 12.5 Å². The van der Waals surface area contributed by atoms with Crippen molar-refractivity contribution < 1.29 is 32.2 Å². The molecule has 1 rings (SSSR count). The molecule has 122 valence electrons. The predicted octanol–water partition coefficient (Wildman–Crippen LogP) is 1.38. The fourth-order valence-corrected chi connectivity index (χ4v) is 1.48. The molecular weight excluding hydrogens is 305 g/mol. The molecule has 0 fully saturated rings. The van der Waals surface area contributed by atoms with Gasteiger partial charge in [0, 0.05) is 19.9 Å². The van der Waals surface area contributed by atoms with Crippen LogP contribution in [0.5, 0.6) is 0 Å². The van der Waals surface area contributed by atoms with E-state index in [1.165, 1.54) is 20.3 Å². The summed E-state index contributed by atoms with van der Waals surface area (Å²) in [6, 6.07) is 3.96. The lowest BCUT2D eigenvalue weighted by molar-refractivity contribution is -0.139. The average molecular weight is 320 g/mol. The average Bonchev–Trinajstić information content (AvgIpc) is 2.47. The highest BCUT2D eigenvalue weighted by atomic mass is 19.4. The first-order valence-electron chi connectivity index (χ1n) is 6.10. The third kappa shape index (κ3) is 5.34. The Bertz CT molecular complexity index is 530. The maximum Gasteiger partial charge on any atom is 0.416 e. The van der Waals surface area contributed by atoms with Gasteiger partial charge < -0.3 is 20.1 Å². The Morgan fingerprint density at radius 3 is 2.36 bits per heavy atom. The van der Waals surface area contributed by atoms with Crippen LogP contribution in [0.2, 0.25) is 0 Å². The molecule has 0 bridgehead atoms. The summed E-state index contributed by atoms with van der Waals surface area (Å²) in [5.41, 5.74) is -1.06. The van der Waals surface area contributed by atoms with Gasteiger partial charge in [-0.05, 0) is 18.2 Å². The molecule has 0 spiro atoms. The molecular formula is C13H15F3N2O4. The van der Waals surface area contributed by atoms with Crippen molar-refractivity contribution in [2.24, 2.45) is 0 Å². The molecule has 6 nitrogen and oxygen atoms in total. The second kappa shape index (κ2) is 7.76. The Kier molecular flexibility index (Phi) is 6.32. The summed E-state index contributed by atoms with van der Waals surface area (Å²) in [7, 11) is 2.70. The van der Waals surface area contributed by atoms with E-state index in [2.05, 4.69) is 10.6 Å². The highest BCUT2D eigenvalue weighted by Gasteiger charge is 2.30. The first-order valence-corrected chi connectivity index (χ1v) is 6.10. The molecule has 2 N–H and O–H groups in total. The number of nitrogens with one attached hydrogen (secondary N) is 2. The van der Waals surface area contributed by atoms with Crippen LogP contribution in [-0.4, -0.2) is 38.9 Å². The third-order valence-corrected chi connectivity index (χ3v) is 2.61. The van der Waals surface area contributed by atoms with E-state index in [0.717, 1.165) is 18.2 Å². The summed E-state index contributed by atoms with van der Waals surface area (Å²) in [5, 5.41) is 4.31. The van der Waals surface area contributed by atoms with Gasteiger partial charge in [-0.2, -0.15) is 13.2 Å². The van der Waals surface area contributed by atoms with Crippen LogP contribution in [0.1, 0.15) is 5.56 Å². The van der Waals surface area contributed by atoms with Gasteiger partial charge in [-0.1, -0.05) is 6.07 Å². The molecule has 0 atom stereocenters. The number of carbonyl (C=O) groups excluding carboxylic acids is 2. The first-order chi connectivity index (χ1) is 10.3. The summed E-state index contributed by atoms with van der Waals surface area (Å²) < 4.78 is 47.2. The molecule has 22 heavy (non-hydrogen) atoms. The van der Waals surface area contributed by atoms with Gasteiger partial charge in [0.05, 0.1) is 12.1 Å². The SMILES string of the molecule is COC(CNC(=O)C(=O)Nc1cccc(C(F)(F)F)c1)OC. The minimum absolute atomic E-state index is 0.0815. The molecule has 2 amide bonds. The smallest absolute Gasteiger partial charge is 0.354 e. The monoisotopic (exact) mass is 320 g/mol. The summed E-state index contributed by atoms with van der Waals surface area (Å²) in [5.74, 6) is -2.11. The van der Waals surface area contributed by atoms with Gasteiger partial charge in [0.1, 0.15) is 0 Å². The van der Waals surface area contributed by atoms with Crippen molar-refractivity contribution in [3.8, 4) is 0 Å². The van der Waals surface area contributed by atoms with E-state index < -0.39 is 29.8 Å². The van der Waals surface area contributed by atoms with E-state index in [0.29, 0.717) is 0 Å². The van der Waals surface area contributed by atoms with Crippen molar-refractivity contribution in [3.63, 3.8) is 0 Å². The van der Waals surface area contributed by atoms with Gasteiger partial charge in [-0.3, -0.25) is 9.59 Å². The quantitative estimate of drug-likeness (QED) is 0.635. The Morgan fingerprint density at radius 2 is 1.82 bits per heavy atom. The largest absolute Gasteiger partial charge is 0.416 e. The zero-order valence-electron chi connectivity index (χ0n) is 11.9. The second-order valence-electron chi connectivity index (χ2n) is 4.14. The van der Waals surface area contributed by atoms with E-state index in [4.69, 9.17) is 9.47 Å². The van der Waals surface area contributed by atoms with Crippen molar-refractivity contribution in [3.05, 3.63) is 29.8 Å². The van der Waals surface area contributed by atoms with Crippen molar-refractivity contribution in [1.29, 1.82) is 0 Å². The Hall–Kier alpha value is -2.13. The lowest BCUT2D eigenvalue weighted by atomic mass is 10.2. The van der Waals surface area contributed by atoms with Crippen molar-refractivity contribution in [1.82, 2.24) is 5.32 Å². The van der Waals surface area contributed by atoms with Gasteiger partial charge >= 0.3 is 18.0 Å². The van der Waals surface area contributed by atoms with Gasteiger partial charge in [-0.15, -0.1) is 0 Å². The minimum Gasteiger partial charge on any atom is -0.354 e. The van der Waals surface area contributed by atoms with Crippen molar-refractivity contribution in [2.75, 3.05) is 26.1 Å². The van der Waals surface area contributed by atoms with Gasteiger partial charge in [-0.25, -0.2) is 0 Å². The molecule has 0 radical (unpaired) electrons. The number of anilines is 1. The van der Waals surface area contributed by atoms with E-state index in [9.17, 15) is 22.8 Å². The number of amides is 2. The standard InChI is InChI=1S/C13H15F3N2O4/c1-21-10(22-2)7-17-11(19)12(20)18-9-5-3-4-8(6-9)13(14,15)16/h3-6,10H,7H2,1-2H3,(H,17,19)(H,18,20). The lowest BCUT2D eigenvalue weighted by Gasteiger charge is -2.14. The molecule has 0 aliphatic carbocycles. The molecule has 1 aromatic carbocycles. The molecule has 0 unspecified atom stereocenters. The Balaban J connectivity index is 2.63. The van der Waals surface area contributed by atoms with Crippen molar-refractivity contribution >= 4 is 17.5 Å². The fraction of sp³-hybridized carbons (Fsp3) is 0.385. The number of alkyl halides is 3. The van der Waals surface area contributed by atoms with E-state index in [-0.39, 0.29) is 12.2 Å². The van der Waals surface area contributed by atoms with Gasteiger partial charge in [0.15, 0.2) is 6.29 Å². The predicted molar refractivity (Wildman–Crippen MR) is 70.9 cm³/mol. The van der Waals surface area contributed by atoms with E-state index >= 15 is 0 Å². The lowest BCUT2D eigenvalue weighted by Crippen LogP contribution is -2.40. The van der Waals surface area contributed by atoms with E-state index in [1.54, 1.807) is 0 Å². The number of methoxy groups -OCH3 is 2. The fourth-order valence-electron chi connectivity index (χ4n) is 1.48. The normalized spacial score (nSPS) is 11.4. The zero-order chi connectivity index (χ0) is 16.8. The van der Waals surface area contributed by atoms with Crippen LogP contribution in [0.3, 0.4) is 0 Å². The Labute approximate surface area is 124 Å². The Morgan fingerprint density at radius 1 is 1.18 bits per heavy atom. The first kappa shape index (κ1) is 17.9. The van der Waals surface area contributed by atoms with Crippen LogP contribution in [0.25, 0.3) is 0 Å². The summed E-state index contributed by atoms with van der Waals surface area (Å²) in [6.07, 6.45) is -5.27. The summed E-state index contributed by atoms with van der Waals surface area (Å²) in [4.78, 5) is 23.1. The molecule has 0 aliphatic rings. The molecule has 9 heteroatoms.